The van der Waals surface area contributed by atoms with E-state index in [9.17, 15) is 14.7 Å². The van der Waals surface area contributed by atoms with Crippen molar-refractivity contribution in [1.82, 2.24) is 34.8 Å². The molecule has 2 atom stereocenters. The van der Waals surface area contributed by atoms with Crippen LogP contribution in [0.3, 0.4) is 0 Å². The van der Waals surface area contributed by atoms with Crippen LogP contribution in [-0.4, -0.2) is 83.7 Å². The van der Waals surface area contributed by atoms with Crippen molar-refractivity contribution in [3.63, 3.8) is 0 Å². The molecule has 14 heteroatoms. The third-order valence-electron chi connectivity index (χ3n) is 14.1. The molecule has 4 aromatic heterocycles. The third kappa shape index (κ3) is 7.65. The first-order valence-corrected chi connectivity index (χ1v) is 22.4. The van der Waals surface area contributed by atoms with Gasteiger partial charge in [-0.2, -0.15) is 5.10 Å². The number of aromatic carboxylic acids is 1. The number of nitrogens with one attached hydrogen (secondary N) is 1. The second-order valence-electron chi connectivity index (χ2n) is 19.6. The number of pyridine rings is 1. The van der Waals surface area contributed by atoms with Crippen LogP contribution in [0.25, 0.3) is 21.3 Å². The van der Waals surface area contributed by atoms with E-state index < -0.39 is 11.9 Å². The zero-order valence-corrected chi connectivity index (χ0v) is 36.4. The first kappa shape index (κ1) is 40.5. The van der Waals surface area contributed by atoms with Gasteiger partial charge in [0.15, 0.2) is 22.5 Å². The summed E-state index contributed by atoms with van der Waals surface area (Å²) in [6.45, 7) is 12.4. The number of aromatic nitrogens is 6. The molecule has 0 saturated heterocycles. The lowest BCUT2D eigenvalue weighted by Crippen LogP contribution is -2.60. The van der Waals surface area contributed by atoms with Gasteiger partial charge >= 0.3 is 11.9 Å². The number of carbonyl (C=O) groups is 2. The molecule has 4 fully saturated rings. The van der Waals surface area contributed by atoms with Crippen molar-refractivity contribution < 1.29 is 19.8 Å². The minimum absolute atomic E-state index is 0.00258. The standard InChI is InChI=1S/C46H57N9O4S/c1-29-31-11-8-20-54(40(31)52-51-39(29)50-42-48-34-12-6-7-13-35(34)60-42)36-16-15-32(38(49-36)41(58)59)33-21-47-55(30(33)2)28-46-25-43(3)22-44(4,26-46)24-45(23-43,27-46)17-10-19-53(5)18-9-14-37(56)57/h6-7,12-13,15-16,21H,8-11,14,17-20,22-28H2,1-5H3,(H,56,57)(H,58,59)(H,48,50,51). The molecular weight excluding hydrogens is 775 g/mol. The molecule has 4 saturated carbocycles. The highest BCUT2D eigenvalue weighted by molar-refractivity contribution is 7.22. The van der Waals surface area contributed by atoms with E-state index in [2.05, 4.69) is 59.0 Å². The maximum absolute atomic E-state index is 13.0. The summed E-state index contributed by atoms with van der Waals surface area (Å²) in [6, 6.07) is 11.8. The van der Waals surface area contributed by atoms with E-state index in [4.69, 9.17) is 20.2 Å². The topological polar surface area (TPSA) is 162 Å². The number of hydrogen-bond acceptors (Lipinski definition) is 11. The van der Waals surface area contributed by atoms with Gasteiger partial charge in [-0.3, -0.25) is 9.48 Å². The van der Waals surface area contributed by atoms with Crippen molar-refractivity contribution in [2.45, 2.75) is 111 Å². The van der Waals surface area contributed by atoms with E-state index in [1.54, 1.807) is 11.3 Å². The average molecular weight is 832 g/mol. The maximum Gasteiger partial charge on any atom is 0.355 e. The molecule has 0 amide bonds. The van der Waals surface area contributed by atoms with Crippen LogP contribution in [0.2, 0.25) is 0 Å². The second kappa shape index (κ2) is 15.2. The fourth-order valence-electron chi connectivity index (χ4n) is 13.1. The Morgan fingerprint density at radius 3 is 2.40 bits per heavy atom. The van der Waals surface area contributed by atoms with Crippen LogP contribution in [0.1, 0.15) is 112 Å². The van der Waals surface area contributed by atoms with Crippen molar-refractivity contribution in [2.75, 3.05) is 36.9 Å². The van der Waals surface area contributed by atoms with Crippen LogP contribution in [0, 0.1) is 35.5 Å². The molecule has 5 aliphatic rings. The number of hydrogen-bond donors (Lipinski definition) is 3. The van der Waals surface area contributed by atoms with Crippen LogP contribution >= 0.6 is 11.3 Å². The van der Waals surface area contributed by atoms with E-state index in [0.717, 1.165) is 76.6 Å². The smallest absolute Gasteiger partial charge is 0.355 e. The quantitative estimate of drug-likeness (QED) is 0.0918. The van der Waals surface area contributed by atoms with Crippen LogP contribution in [0.15, 0.2) is 42.6 Å². The van der Waals surface area contributed by atoms with Crippen molar-refractivity contribution in [3.05, 3.63) is 65.1 Å². The molecular formula is C46H57N9O4S. The third-order valence-corrected chi connectivity index (χ3v) is 15.1. The van der Waals surface area contributed by atoms with Gasteiger partial charge in [0.1, 0.15) is 5.82 Å². The molecule has 316 valence electrons. The van der Waals surface area contributed by atoms with E-state index in [0.29, 0.717) is 52.2 Å². The van der Waals surface area contributed by atoms with Gasteiger partial charge in [-0.1, -0.05) is 37.3 Å². The van der Waals surface area contributed by atoms with Gasteiger partial charge < -0.3 is 25.3 Å². The Morgan fingerprint density at radius 2 is 1.65 bits per heavy atom. The molecule has 3 N–H and O–H groups in total. The van der Waals surface area contributed by atoms with E-state index in [-0.39, 0.29) is 17.5 Å². The molecule has 4 bridgehead atoms. The number of nitrogens with zero attached hydrogens (tertiary/aromatic N) is 8. The number of para-hydroxylation sites is 1. The summed E-state index contributed by atoms with van der Waals surface area (Å²) in [7, 11) is 2.12. The number of aliphatic carboxylic acids is 1. The Morgan fingerprint density at radius 1 is 0.900 bits per heavy atom. The first-order valence-electron chi connectivity index (χ1n) is 21.6. The Kier molecular flexibility index (Phi) is 10.2. The van der Waals surface area contributed by atoms with E-state index in [1.807, 2.05) is 48.4 Å². The van der Waals surface area contributed by atoms with Gasteiger partial charge in [0.2, 0.25) is 0 Å². The number of carboxylic acids is 2. The highest BCUT2D eigenvalue weighted by Crippen LogP contribution is 2.75. The second-order valence-corrected chi connectivity index (χ2v) is 20.6. The molecule has 2 unspecified atom stereocenters. The summed E-state index contributed by atoms with van der Waals surface area (Å²) in [5, 5.41) is 38.1. The number of thiazole rings is 1. The Labute approximate surface area is 355 Å². The van der Waals surface area contributed by atoms with Crippen molar-refractivity contribution in [2.24, 2.45) is 21.7 Å². The van der Waals surface area contributed by atoms with E-state index in [1.165, 1.54) is 44.9 Å². The zero-order chi connectivity index (χ0) is 42.0. The average Bonchev–Trinajstić information content (AvgIpc) is 3.75. The number of anilines is 4. The first-order chi connectivity index (χ1) is 28.6. The number of fused-ring (bicyclic) bond motifs is 2. The summed E-state index contributed by atoms with van der Waals surface area (Å²) in [6.07, 6.45) is 14.2. The van der Waals surface area contributed by atoms with Gasteiger partial charge in [0, 0.05) is 47.5 Å². The minimum Gasteiger partial charge on any atom is -0.481 e. The zero-order valence-electron chi connectivity index (χ0n) is 35.6. The lowest BCUT2D eigenvalue weighted by atomic mass is 9.35. The molecule has 60 heavy (non-hydrogen) atoms. The highest BCUT2D eigenvalue weighted by atomic mass is 32.1. The molecule has 0 spiro atoms. The molecule has 5 heterocycles. The van der Waals surface area contributed by atoms with Crippen LogP contribution < -0.4 is 10.2 Å². The normalized spacial score (nSPS) is 25.6. The summed E-state index contributed by atoms with van der Waals surface area (Å²) in [5.41, 5.74) is 6.34. The molecule has 5 aromatic rings. The fraction of sp³-hybridized carbons (Fsp3) is 0.543. The summed E-state index contributed by atoms with van der Waals surface area (Å²) < 4.78 is 3.25. The monoisotopic (exact) mass is 831 g/mol. The number of carboxylic acid groups (broad SMARTS) is 2. The highest BCUT2D eigenvalue weighted by Gasteiger charge is 2.65. The summed E-state index contributed by atoms with van der Waals surface area (Å²) in [5.74, 6) is 0.0984. The van der Waals surface area contributed by atoms with Gasteiger partial charge in [0.25, 0.3) is 0 Å². The molecule has 1 aromatic carbocycles. The lowest BCUT2D eigenvalue weighted by Gasteiger charge is -2.70. The van der Waals surface area contributed by atoms with Crippen molar-refractivity contribution in [3.8, 4) is 11.1 Å². The summed E-state index contributed by atoms with van der Waals surface area (Å²) in [4.78, 5) is 37.8. The molecule has 10 rings (SSSR count). The van der Waals surface area contributed by atoms with Crippen LogP contribution in [-0.2, 0) is 17.8 Å². The predicted molar refractivity (Wildman–Crippen MR) is 235 cm³/mol. The van der Waals surface area contributed by atoms with Crippen molar-refractivity contribution >= 4 is 56.1 Å². The largest absolute Gasteiger partial charge is 0.481 e. The molecule has 1 aliphatic heterocycles. The van der Waals surface area contributed by atoms with E-state index >= 15 is 0 Å². The fourth-order valence-corrected chi connectivity index (χ4v) is 13.9. The Hall–Kier alpha value is -4.95. The Bertz CT molecular complexity index is 2430. The number of benzene rings is 1. The molecule has 0 radical (unpaired) electrons. The predicted octanol–water partition coefficient (Wildman–Crippen LogP) is 9.43. The van der Waals surface area contributed by atoms with Gasteiger partial charge in [-0.05, 0) is 151 Å². The van der Waals surface area contributed by atoms with Crippen LogP contribution in [0.5, 0.6) is 0 Å². The van der Waals surface area contributed by atoms with Gasteiger partial charge in [-0.25, -0.2) is 14.8 Å². The molecule has 4 aliphatic carbocycles. The maximum atomic E-state index is 13.0. The summed E-state index contributed by atoms with van der Waals surface area (Å²) >= 11 is 1.58. The minimum atomic E-state index is -1.08. The Balaban J connectivity index is 0.940. The number of rotatable bonds is 15. The van der Waals surface area contributed by atoms with Crippen LogP contribution in [0.4, 0.5) is 22.6 Å². The molecule has 13 nitrogen and oxygen atoms in total. The van der Waals surface area contributed by atoms with Gasteiger partial charge in [-0.15, -0.1) is 10.2 Å². The lowest BCUT2D eigenvalue weighted by molar-refractivity contribution is -0.198. The van der Waals surface area contributed by atoms with Gasteiger partial charge in [0.05, 0.1) is 16.4 Å². The SMILES string of the molecule is Cc1c(Nc2nc3ccccc3s2)nnc2c1CCCN2c1ccc(-c2cnn(CC34CC5(C)CC(C)(CC(CCCN(C)CCCC(=O)O)(C5)C3)C4)c2C)c(C(=O)O)n1. The van der Waals surface area contributed by atoms with Crippen molar-refractivity contribution in [1.29, 1.82) is 0 Å².